The minimum absolute atomic E-state index is 0.140. The van der Waals surface area contributed by atoms with E-state index in [1.165, 1.54) is 6.08 Å². The Morgan fingerprint density at radius 3 is 2.60 bits per heavy atom. The predicted octanol–water partition coefficient (Wildman–Crippen LogP) is 4.32. The van der Waals surface area contributed by atoms with E-state index < -0.39 is 0 Å². The Morgan fingerprint density at radius 2 is 1.92 bits per heavy atom. The highest BCUT2D eigenvalue weighted by atomic mass is 16.5. The number of allylic oxidation sites excluding steroid dienone is 3. The largest absolute Gasteiger partial charge is 0.511 e. The maximum Gasteiger partial charge on any atom is 0.189 e. The second-order valence-corrected chi connectivity index (χ2v) is 7.39. The van der Waals surface area contributed by atoms with Gasteiger partial charge in [-0.05, 0) is 63.0 Å². The number of phenols is 1. The summed E-state index contributed by atoms with van der Waals surface area (Å²) in [5.41, 5.74) is 1.72. The van der Waals surface area contributed by atoms with Gasteiger partial charge in [-0.15, -0.1) is 0 Å². The first-order valence-electron chi connectivity index (χ1n) is 8.58. The van der Waals surface area contributed by atoms with Crippen molar-refractivity contribution in [1.82, 2.24) is 0 Å². The topological polar surface area (TPSA) is 66.8 Å². The zero-order chi connectivity index (χ0) is 18.2. The summed E-state index contributed by atoms with van der Waals surface area (Å²) < 4.78 is 6.06. The third-order valence-electron chi connectivity index (χ3n) is 4.89. The Hall–Kier alpha value is -2.33. The molecule has 1 aromatic carbocycles. The summed E-state index contributed by atoms with van der Waals surface area (Å²) in [6.45, 7) is 5.93. The fraction of sp³-hybridized carbons (Fsp3) is 0.381. The van der Waals surface area contributed by atoms with Crippen LogP contribution in [0, 0.1) is 5.92 Å². The van der Waals surface area contributed by atoms with Gasteiger partial charge in [0.1, 0.15) is 11.5 Å². The third-order valence-corrected chi connectivity index (χ3v) is 4.89. The van der Waals surface area contributed by atoms with Crippen LogP contribution in [0.5, 0.6) is 5.75 Å². The van der Waals surface area contributed by atoms with Gasteiger partial charge in [-0.3, -0.25) is 4.79 Å². The molecular weight excluding hydrogens is 316 g/mol. The maximum atomic E-state index is 12.6. The van der Waals surface area contributed by atoms with E-state index in [1.54, 1.807) is 30.3 Å². The number of rotatable bonds is 3. The molecule has 1 aliphatic heterocycles. The SMILES string of the molecule is CC1=CC2OC(C)(C)CCC2C(O)=C1C(=O)/C=C/c1ccc(O)cc1. The molecule has 0 spiro atoms. The van der Waals surface area contributed by atoms with Gasteiger partial charge in [0.2, 0.25) is 0 Å². The predicted molar refractivity (Wildman–Crippen MR) is 97.2 cm³/mol. The lowest BCUT2D eigenvalue weighted by Crippen LogP contribution is -2.42. The van der Waals surface area contributed by atoms with E-state index in [-0.39, 0.29) is 34.9 Å². The lowest BCUT2D eigenvalue weighted by molar-refractivity contribution is -0.116. The van der Waals surface area contributed by atoms with Crippen LogP contribution < -0.4 is 0 Å². The number of aliphatic hydroxyl groups excluding tert-OH is 1. The van der Waals surface area contributed by atoms with Crippen LogP contribution in [0.4, 0.5) is 0 Å². The molecule has 3 rings (SSSR count). The normalized spacial score (nSPS) is 25.6. The maximum absolute atomic E-state index is 12.6. The molecule has 1 saturated heterocycles. The summed E-state index contributed by atoms with van der Waals surface area (Å²) in [5.74, 6) is -0.0534. The Labute approximate surface area is 148 Å². The second kappa shape index (κ2) is 6.52. The highest BCUT2D eigenvalue weighted by Crippen LogP contribution is 2.41. The van der Waals surface area contributed by atoms with Crippen molar-refractivity contribution in [1.29, 1.82) is 0 Å². The molecular formula is C21H24O4. The van der Waals surface area contributed by atoms with E-state index in [1.807, 2.05) is 26.8 Å². The van der Waals surface area contributed by atoms with E-state index in [0.717, 1.165) is 24.0 Å². The fourth-order valence-corrected chi connectivity index (χ4v) is 3.50. The van der Waals surface area contributed by atoms with Gasteiger partial charge >= 0.3 is 0 Å². The average molecular weight is 340 g/mol. The Morgan fingerprint density at radius 1 is 1.24 bits per heavy atom. The zero-order valence-electron chi connectivity index (χ0n) is 14.8. The number of aliphatic hydroxyl groups is 1. The van der Waals surface area contributed by atoms with E-state index >= 15 is 0 Å². The number of phenolic OH excluding ortho intramolecular Hbond substituents is 1. The van der Waals surface area contributed by atoms with Gasteiger partial charge < -0.3 is 14.9 Å². The van der Waals surface area contributed by atoms with Crippen molar-refractivity contribution in [2.24, 2.45) is 5.92 Å². The van der Waals surface area contributed by atoms with Crippen molar-refractivity contribution < 1.29 is 19.7 Å². The van der Waals surface area contributed by atoms with Crippen LogP contribution in [0.15, 0.2) is 53.3 Å². The molecule has 0 saturated carbocycles. The molecule has 4 heteroatoms. The summed E-state index contributed by atoms with van der Waals surface area (Å²) in [6, 6.07) is 6.59. The van der Waals surface area contributed by atoms with Gasteiger partial charge in [0.25, 0.3) is 0 Å². The van der Waals surface area contributed by atoms with Crippen LogP contribution in [0.3, 0.4) is 0 Å². The first-order chi connectivity index (χ1) is 11.8. The Kier molecular flexibility index (Phi) is 4.56. The molecule has 2 unspecified atom stereocenters. The molecule has 2 aliphatic rings. The number of aromatic hydroxyl groups is 1. The minimum Gasteiger partial charge on any atom is -0.511 e. The van der Waals surface area contributed by atoms with Crippen LogP contribution in [-0.2, 0) is 9.53 Å². The van der Waals surface area contributed by atoms with E-state index in [0.29, 0.717) is 5.57 Å². The molecule has 1 fully saturated rings. The van der Waals surface area contributed by atoms with Crippen LogP contribution in [0.2, 0.25) is 0 Å². The van der Waals surface area contributed by atoms with Gasteiger partial charge in [-0.2, -0.15) is 0 Å². The van der Waals surface area contributed by atoms with Crippen molar-refractivity contribution in [3.8, 4) is 5.75 Å². The lowest BCUT2D eigenvalue weighted by atomic mass is 9.78. The highest BCUT2D eigenvalue weighted by Gasteiger charge is 2.40. The molecule has 1 aliphatic carbocycles. The van der Waals surface area contributed by atoms with Gasteiger partial charge in [-0.1, -0.05) is 24.3 Å². The first kappa shape index (κ1) is 17.5. The lowest BCUT2D eigenvalue weighted by Gasteiger charge is -2.42. The highest BCUT2D eigenvalue weighted by molar-refractivity contribution is 6.09. The molecule has 1 aromatic rings. The smallest absolute Gasteiger partial charge is 0.189 e. The second-order valence-electron chi connectivity index (χ2n) is 7.39. The van der Waals surface area contributed by atoms with E-state index in [9.17, 15) is 15.0 Å². The van der Waals surface area contributed by atoms with Gasteiger partial charge in [0, 0.05) is 5.92 Å². The minimum atomic E-state index is -0.220. The summed E-state index contributed by atoms with van der Waals surface area (Å²) in [5, 5.41) is 20.0. The standard InChI is InChI=1S/C21H24O4/c1-13-12-18-16(10-11-21(2,3)25-18)20(24)19(13)17(23)9-6-14-4-7-15(22)8-5-14/h4-9,12,16,18,22,24H,10-11H2,1-3H3/b9-6+. The van der Waals surface area contributed by atoms with Gasteiger partial charge in [0.05, 0.1) is 17.3 Å². The van der Waals surface area contributed by atoms with E-state index in [2.05, 4.69) is 0 Å². The van der Waals surface area contributed by atoms with Crippen molar-refractivity contribution >= 4 is 11.9 Å². The quantitative estimate of drug-likeness (QED) is 0.804. The molecule has 1 heterocycles. The molecule has 0 amide bonds. The number of hydrogen-bond acceptors (Lipinski definition) is 4. The molecule has 132 valence electrons. The van der Waals surface area contributed by atoms with Crippen molar-refractivity contribution in [3.05, 3.63) is 58.9 Å². The summed E-state index contributed by atoms with van der Waals surface area (Å²) in [7, 11) is 0. The Bertz CT molecular complexity index is 766. The van der Waals surface area contributed by atoms with Gasteiger partial charge in [-0.25, -0.2) is 0 Å². The molecule has 0 radical (unpaired) electrons. The first-order valence-corrected chi connectivity index (χ1v) is 8.58. The average Bonchev–Trinajstić information content (AvgIpc) is 2.53. The number of carbonyl (C=O) groups excluding carboxylic acids is 1. The number of fused-ring (bicyclic) bond motifs is 1. The molecule has 2 N–H and O–H groups in total. The fourth-order valence-electron chi connectivity index (χ4n) is 3.50. The third kappa shape index (κ3) is 3.69. The van der Waals surface area contributed by atoms with Gasteiger partial charge in [0.15, 0.2) is 5.78 Å². The molecule has 25 heavy (non-hydrogen) atoms. The zero-order valence-corrected chi connectivity index (χ0v) is 14.8. The van der Waals surface area contributed by atoms with Crippen molar-refractivity contribution in [3.63, 3.8) is 0 Å². The summed E-state index contributed by atoms with van der Waals surface area (Å²) in [6.07, 6.45) is 6.56. The van der Waals surface area contributed by atoms with Crippen molar-refractivity contribution in [2.45, 2.75) is 45.3 Å². The van der Waals surface area contributed by atoms with Crippen molar-refractivity contribution in [2.75, 3.05) is 0 Å². The van der Waals surface area contributed by atoms with Crippen LogP contribution in [0.1, 0.15) is 39.2 Å². The number of ketones is 1. The van der Waals surface area contributed by atoms with E-state index in [4.69, 9.17) is 4.74 Å². The summed E-state index contributed by atoms with van der Waals surface area (Å²) >= 11 is 0. The monoisotopic (exact) mass is 340 g/mol. The molecule has 2 atom stereocenters. The Balaban J connectivity index is 1.82. The number of carbonyl (C=O) groups is 1. The summed E-state index contributed by atoms with van der Waals surface area (Å²) in [4.78, 5) is 12.6. The molecule has 4 nitrogen and oxygen atoms in total. The molecule has 0 bridgehead atoms. The number of ether oxygens (including phenoxy) is 1. The molecule has 0 aromatic heterocycles. The number of hydrogen-bond donors (Lipinski definition) is 2. The van der Waals surface area contributed by atoms with Crippen LogP contribution >= 0.6 is 0 Å². The number of benzene rings is 1. The van der Waals surface area contributed by atoms with Crippen LogP contribution in [0.25, 0.3) is 6.08 Å². The van der Waals surface area contributed by atoms with Crippen LogP contribution in [-0.4, -0.2) is 27.7 Å².